The molecule has 94 valence electrons. The minimum absolute atomic E-state index is 0.468. The highest BCUT2D eigenvalue weighted by atomic mass is 35.5. The van der Waals surface area contributed by atoms with Crippen LogP contribution in [0, 0.1) is 0 Å². The van der Waals surface area contributed by atoms with Gasteiger partial charge in [-0.25, -0.2) is 0 Å². The number of benzene rings is 1. The van der Waals surface area contributed by atoms with E-state index in [1.165, 1.54) is 0 Å². The van der Waals surface area contributed by atoms with Crippen LogP contribution in [-0.4, -0.2) is 36.3 Å². The molecule has 0 radical (unpaired) electrons. The highest BCUT2D eigenvalue weighted by molar-refractivity contribution is 6.31. The number of halogens is 1. The maximum Gasteiger partial charge on any atom is 0.0762 e. The molecule has 1 aliphatic heterocycles. The van der Waals surface area contributed by atoms with Crippen LogP contribution in [0.3, 0.4) is 0 Å². The average molecular weight is 256 g/mol. The molecule has 0 saturated carbocycles. The summed E-state index contributed by atoms with van der Waals surface area (Å²) in [6.45, 7) is 6.09. The largest absolute Gasteiger partial charge is 0.389 e. The van der Waals surface area contributed by atoms with Gasteiger partial charge in [-0.05, 0) is 24.1 Å². The Bertz CT molecular complexity index is 376. The molecule has 0 bridgehead atoms. The second-order valence-corrected chi connectivity index (χ2v) is 4.82. The first-order valence-electron chi connectivity index (χ1n) is 5.93. The minimum atomic E-state index is -0.468. The van der Waals surface area contributed by atoms with Crippen molar-refractivity contribution in [3.8, 4) is 0 Å². The summed E-state index contributed by atoms with van der Waals surface area (Å²) in [4.78, 5) is 2.33. The zero-order valence-corrected chi connectivity index (χ0v) is 10.8. The Morgan fingerprint density at radius 2 is 2.12 bits per heavy atom. The summed E-state index contributed by atoms with van der Waals surface area (Å²) in [5, 5.41) is 10.2. The molecule has 17 heavy (non-hydrogen) atoms. The molecule has 4 heteroatoms. The highest BCUT2D eigenvalue weighted by Crippen LogP contribution is 2.23. The lowest BCUT2D eigenvalue weighted by molar-refractivity contribution is 0.0342. The standard InChI is InChI=1S/C13H18ClNO2/c1-10(16)11-2-3-12(13(14)8-11)9-15-4-6-17-7-5-15/h2-3,8,10,16H,4-7,9H2,1H3. The van der Waals surface area contributed by atoms with Crippen LogP contribution < -0.4 is 0 Å². The van der Waals surface area contributed by atoms with Gasteiger partial charge in [-0.3, -0.25) is 4.90 Å². The van der Waals surface area contributed by atoms with Gasteiger partial charge in [-0.15, -0.1) is 0 Å². The maximum absolute atomic E-state index is 9.47. The normalized spacial score (nSPS) is 19.2. The molecule has 1 unspecified atom stereocenters. The average Bonchev–Trinajstić information content (AvgIpc) is 2.33. The van der Waals surface area contributed by atoms with Crippen molar-refractivity contribution >= 4 is 11.6 Å². The molecular formula is C13H18ClNO2. The topological polar surface area (TPSA) is 32.7 Å². The van der Waals surface area contributed by atoms with E-state index in [0.717, 1.165) is 49.0 Å². The Balaban J connectivity index is 2.05. The van der Waals surface area contributed by atoms with E-state index in [-0.39, 0.29) is 0 Å². The SMILES string of the molecule is CC(O)c1ccc(CN2CCOCC2)c(Cl)c1. The Labute approximate surface area is 107 Å². The van der Waals surface area contributed by atoms with E-state index in [1.54, 1.807) is 6.92 Å². The number of rotatable bonds is 3. The van der Waals surface area contributed by atoms with Crippen LogP contribution in [0.1, 0.15) is 24.2 Å². The number of aliphatic hydroxyl groups is 1. The molecule has 0 aromatic heterocycles. The van der Waals surface area contributed by atoms with Crippen molar-refractivity contribution in [3.63, 3.8) is 0 Å². The predicted molar refractivity (Wildman–Crippen MR) is 68.2 cm³/mol. The monoisotopic (exact) mass is 255 g/mol. The minimum Gasteiger partial charge on any atom is -0.389 e. The molecule has 1 atom stereocenters. The molecule has 0 spiro atoms. The number of hydrogen-bond acceptors (Lipinski definition) is 3. The maximum atomic E-state index is 9.47. The molecule has 0 amide bonds. The van der Waals surface area contributed by atoms with Crippen molar-refractivity contribution < 1.29 is 9.84 Å². The van der Waals surface area contributed by atoms with Crippen molar-refractivity contribution in [1.82, 2.24) is 4.90 Å². The van der Waals surface area contributed by atoms with Gasteiger partial charge in [0.05, 0.1) is 19.3 Å². The molecule has 1 fully saturated rings. The third-order valence-corrected chi connectivity index (χ3v) is 3.41. The Morgan fingerprint density at radius 3 is 2.71 bits per heavy atom. The van der Waals surface area contributed by atoms with Crippen LogP contribution in [0.2, 0.25) is 5.02 Å². The fourth-order valence-corrected chi connectivity index (χ4v) is 2.20. The van der Waals surface area contributed by atoms with E-state index in [2.05, 4.69) is 4.90 Å². The molecule has 1 aromatic rings. The van der Waals surface area contributed by atoms with Crippen molar-refractivity contribution in [3.05, 3.63) is 34.3 Å². The van der Waals surface area contributed by atoms with Crippen molar-refractivity contribution in [2.75, 3.05) is 26.3 Å². The van der Waals surface area contributed by atoms with Crippen LogP contribution >= 0.6 is 11.6 Å². The quantitative estimate of drug-likeness (QED) is 0.899. The van der Waals surface area contributed by atoms with Crippen molar-refractivity contribution in [2.45, 2.75) is 19.6 Å². The molecule has 1 heterocycles. The van der Waals surface area contributed by atoms with E-state index in [9.17, 15) is 5.11 Å². The highest BCUT2D eigenvalue weighted by Gasteiger charge is 2.13. The first-order valence-corrected chi connectivity index (χ1v) is 6.31. The third kappa shape index (κ3) is 3.42. The fraction of sp³-hybridized carbons (Fsp3) is 0.538. The molecule has 1 N–H and O–H groups in total. The number of nitrogens with zero attached hydrogens (tertiary/aromatic N) is 1. The molecule has 0 aliphatic carbocycles. The smallest absolute Gasteiger partial charge is 0.0762 e. The van der Waals surface area contributed by atoms with Crippen molar-refractivity contribution in [2.24, 2.45) is 0 Å². The van der Waals surface area contributed by atoms with Gasteiger partial charge < -0.3 is 9.84 Å². The van der Waals surface area contributed by atoms with E-state index in [1.807, 2.05) is 18.2 Å². The third-order valence-electron chi connectivity index (χ3n) is 3.06. The predicted octanol–water partition coefficient (Wildman–Crippen LogP) is 2.23. The number of morpholine rings is 1. The molecule has 1 aliphatic rings. The molecular weight excluding hydrogens is 238 g/mol. The van der Waals surface area contributed by atoms with E-state index >= 15 is 0 Å². The second-order valence-electron chi connectivity index (χ2n) is 4.42. The molecule has 2 rings (SSSR count). The summed E-state index contributed by atoms with van der Waals surface area (Å²) >= 11 is 6.22. The van der Waals surface area contributed by atoms with Gasteiger partial charge >= 0.3 is 0 Å². The molecule has 1 aromatic carbocycles. The fourth-order valence-electron chi connectivity index (χ4n) is 1.95. The zero-order valence-electron chi connectivity index (χ0n) is 10.0. The lowest BCUT2D eigenvalue weighted by Gasteiger charge is -2.27. The van der Waals surface area contributed by atoms with E-state index in [0.29, 0.717) is 0 Å². The van der Waals surface area contributed by atoms with Crippen LogP contribution in [0.4, 0.5) is 0 Å². The molecule has 1 saturated heterocycles. The van der Waals surface area contributed by atoms with Crippen LogP contribution in [0.15, 0.2) is 18.2 Å². The van der Waals surface area contributed by atoms with Gasteiger partial charge in [0.2, 0.25) is 0 Å². The second kappa shape index (κ2) is 5.83. The van der Waals surface area contributed by atoms with Gasteiger partial charge in [0.15, 0.2) is 0 Å². The van der Waals surface area contributed by atoms with Crippen LogP contribution in [-0.2, 0) is 11.3 Å². The van der Waals surface area contributed by atoms with Gasteiger partial charge in [0, 0.05) is 24.7 Å². The van der Waals surface area contributed by atoms with Crippen LogP contribution in [0.25, 0.3) is 0 Å². The van der Waals surface area contributed by atoms with Crippen LogP contribution in [0.5, 0.6) is 0 Å². The molecule has 3 nitrogen and oxygen atoms in total. The van der Waals surface area contributed by atoms with E-state index < -0.39 is 6.10 Å². The summed E-state index contributed by atoms with van der Waals surface area (Å²) < 4.78 is 5.31. The van der Waals surface area contributed by atoms with Gasteiger partial charge in [-0.1, -0.05) is 23.7 Å². The Hall–Kier alpha value is -0.610. The summed E-state index contributed by atoms with van der Waals surface area (Å²) in [5.41, 5.74) is 1.97. The van der Waals surface area contributed by atoms with Crippen molar-refractivity contribution in [1.29, 1.82) is 0 Å². The Morgan fingerprint density at radius 1 is 1.41 bits per heavy atom. The van der Waals surface area contributed by atoms with Gasteiger partial charge in [0.25, 0.3) is 0 Å². The summed E-state index contributed by atoms with van der Waals surface area (Å²) in [7, 11) is 0. The number of aliphatic hydroxyl groups excluding tert-OH is 1. The summed E-state index contributed by atoms with van der Waals surface area (Å²) in [5.74, 6) is 0. The first-order chi connectivity index (χ1) is 8.16. The van der Waals surface area contributed by atoms with E-state index in [4.69, 9.17) is 16.3 Å². The number of hydrogen-bond donors (Lipinski definition) is 1. The van der Waals surface area contributed by atoms with Gasteiger partial charge in [0.1, 0.15) is 0 Å². The summed E-state index contributed by atoms with van der Waals surface area (Å²) in [6.07, 6.45) is -0.468. The first kappa shape index (κ1) is 12.8. The summed E-state index contributed by atoms with van der Waals surface area (Å²) in [6, 6.07) is 5.79. The number of ether oxygens (including phenoxy) is 1. The zero-order chi connectivity index (χ0) is 12.3. The Kier molecular flexibility index (Phi) is 4.40. The lowest BCUT2D eigenvalue weighted by atomic mass is 10.1. The lowest BCUT2D eigenvalue weighted by Crippen LogP contribution is -2.35. The van der Waals surface area contributed by atoms with Gasteiger partial charge in [-0.2, -0.15) is 0 Å².